The second-order valence-electron chi connectivity index (χ2n) is 4.91. The van der Waals surface area contributed by atoms with E-state index in [0.717, 1.165) is 8.95 Å². The summed E-state index contributed by atoms with van der Waals surface area (Å²) in [5.41, 5.74) is 5.70. The third kappa shape index (κ3) is 3.97. The molecule has 0 aliphatic rings. The first-order valence-corrected chi connectivity index (χ1v) is 8.97. The molecule has 25 heavy (non-hydrogen) atoms. The number of hydrogen-bond acceptors (Lipinski definition) is 5. The second kappa shape index (κ2) is 7.46. The van der Waals surface area contributed by atoms with Crippen LogP contribution in [0.15, 0.2) is 53.8 Å². The maximum atomic E-state index is 12.7. The molecule has 2 N–H and O–H groups in total. The number of hydrogen-bond donors (Lipinski definition) is 2. The van der Waals surface area contributed by atoms with E-state index >= 15 is 0 Å². The number of fused-ring (bicyclic) bond motifs is 1. The normalized spacial score (nSPS) is 11.2. The fourth-order valence-electron chi connectivity index (χ4n) is 2.10. The lowest BCUT2D eigenvalue weighted by molar-refractivity contribution is 0.560. The van der Waals surface area contributed by atoms with Crippen molar-refractivity contribution in [3.8, 4) is 0 Å². The monoisotopic (exact) mass is 483 g/mol. The maximum Gasteiger partial charge on any atom is 0.280 e. The molecule has 0 saturated carbocycles. The number of benzene rings is 1. The Hall–Kier alpha value is -2.04. The molecular formula is C15H11Br2N5O2S. The molecule has 2 heterocycles. The molecule has 0 amide bonds. The lowest BCUT2D eigenvalue weighted by Crippen LogP contribution is -2.39. The highest BCUT2D eigenvalue weighted by molar-refractivity contribution is 9.11. The fourth-order valence-corrected chi connectivity index (χ4v) is 3.56. The molecule has 0 aliphatic heterocycles. The number of aryl methyl sites for hydroxylation is 1. The third-order valence-corrected chi connectivity index (χ3v) is 4.42. The van der Waals surface area contributed by atoms with Crippen LogP contribution in [0.3, 0.4) is 0 Å². The number of nitrogens with one attached hydrogen (secondary N) is 2. The molecule has 0 spiro atoms. The van der Waals surface area contributed by atoms with Gasteiger partial charge in [-0.3, -0.25) is 15.6 Å². The van der Waals surface area contributed by atoms with Gasteiger partial charge in [-0.25, -0.2) is 9.66 Å². The van der Waals surface area contributed by atoms with Crippen LogP contribution in [0.4, 0.5) is 0 Å². The van der Waals surface area contributed by atoms with E-state index in [9.17, 15) is 4.79 Å². The van der Waals surface area contributed by atoms with E-state index < -0.39 is 0 Å². The molecule has 0 aliphatic carbocycles. The molecular weight excluding hydrogens is 474 g/mol. The van der Waals surface area contributed by atoms with Gasteiger partial charge in [0.15, 0.2) is 0 Å². The highest BCUT2D eigenvalue weighted by Crippen LogP contribution is 2.25. The van der Waals surface area contributed by atoms with Crippen LogP contribution in [0.25, 0.3) is 10.9 Å². The first-order valence-electron chi connectivity index (χ1n) is 6.97. The van der Waals surface area contributed by atoms with E-state index in [1.807, 2.05) is 6.07 Å². The first kappa shape index (κ1) is 17.8. The predicted octanol–water partition coefficient (Wildman–Crippen LogP) is 3.28. The van der Waals surface area contributed by atoms with Crippen molar-refractivity contribution in [1.29, 1.82) is 0 Å². The average Bonchev–Trinajstić information content (AvgIpc) is 3.06. The molecule has 0 saturated heterocycles. The van der Waals surface area contributed by atoms with Gasteiger partial charge in [-0.15, -0.1) is 0 Å². The standard InChI is InChI=1S/C15H11Br2N5O2S/c1-8-19-13-11(5-9(16)6-12(13)17)14(23)22(8)21-15(25)20-18-7-10-3-2-4-24-10/h2-7H,1H3,(H2,20,21,25)/b18-7+. The molecule has 0 bridgehead atoms. The predicted molar refractivity (Wildman–Crippen MR) is 108 cm³/mol. The van der Waals surface area contributed by atoms with Gasteiger partial charge in [0.2, 0.25) is 5.11 Å². The number of aromatic nitrogens is 2. The summed E-state index contributed by atoms with van der Waals surface area (Å²) in [6, 6.07) is 7.04. The molecule has 3 rings (SSSR count). The van der Waals surface area contributed by atoms with Crippen molar-refractivity contribution in [1.82, 2.24) is 15.1 Å². The minimum atomic E-state index is -0.274. The van der Waals surface area contributed by atoms with E-state index in [1.54, 1.807) is 25.1 Å². The number of furan rings is 1. The van der Waals surface area contributed by atoms with Gasteiger partial charge in [-0.05, 0) is 59.3 Å². The van der Waals surface area contributed by atoms with Crippen molar-refractivity contribution in [2.75, 3.05) is 5.43 Å². The molecule has 0 radical (unpaired) electrons. The molecule has 0 unspecified atom stereocenters. The number of thiocarbonyl (C=S) groups is 1. The lowest BCUT2D eigenvalue weighted by atomic mass is 10.2. The zero-order valence-electron chi connectivity index (χ0n) is 12.8. The molecule has 2 aromatic heterocycles. The van der Waals surface area contributed by atoms with Gasteiger partial charge >= 0.3 is 0 Å². The topological polar surface area (TPSA) is 84.5 Å². The van der Waals surface area contributed by atoms with Crippen LogP contribution >= 0.6 is 44.1 Å². The molecule has 0 atom stereocenters. The van der Waals surface area contributed by atoms with Gasteiger partial charge in [-0.2, -0.15) is 5.10 Å². The lowest BCUT2D eigenvalue weighted by Gasteiger charge is -2.13. The van der Waals surface area contributed by atoms with Crippen molar-refractivity contribution in [3.05, 3.63) is 61.4 Å². The van der Waals surface area contributed by atoms with Gasteiger partial charge in [0.25, 0.3) is 5.56 Å². The Morgan fingerprint density at radius 3 is 2.96 bits per heavy atom. The van der Waals surface area contributed by atoms with Crippen LogP contribution in [0.5, 0.6) is 0 Å². The van der Waals surface area contributed by atoms with Crippen molar-refractivity contribution in [3.63, 3.8) is 0 Å². The van der Waals surface area contributed by atoms with Crippen molar-refractivity contribution in [2.24, 2.45) is 5.10 Å². The van der Waals surface area contributed by atoms with Gasteiger partial charge in [0.1, 0.15) is 11.6 Å². The van der Waals surface area contributed by atoms with E-state index in [-0.39, 0.29) is 10.7 Å². The van der Waals surface area contributed by atoms with E-state index in [1.165, 1.54) is 17.2 Å². The van der Waals surface area contributed by atoms with Gasteiger partial charge < -0.3 is 4.42 Å². The summed E-state index contributed by atoms with van der Waals surface area (Å²) in [5, 5.41) is 4.52. The second-order valence-corrected chi connectivity index (χ2v) is 7.09. The molecule has 3 aromatic rings. The minimum absolute atomic E-state index is 0.142. The van der Waals surface area contributed by atoms with Crippen LogP contribution in [0.2, 0.25) is 0 Å². The highest BCUT2D eigenvalue weighted by Gasteiger charge is 2.12. The first-order chi connectivity index (χ1) is 12.0. The largest absolute Gasteiger partial charge is 0.463 e. The van der Waals surface area contributed by atoms with E-state index in [0.29, 0.717) is 22.5 Å². The van der Waals surface area contributed by atoms with Crippen LogP contribution in [0.1, 0.15) is 11.6 Å². The number of rotatable bonds is 3. The Bertz CT molecular complexity index is 1030. The van der Waals surface area contributed by atoms with Gasteiger partial charge in [-0.1, -0.05) is 15.9 Å². The summed E-state index contributed by atoms with van der Waals surface area (Å²) in [6.45, 7) is 1.71. The van der Waals surface area contributed by atoms with E-state index in [4.69, 9.17) is 16.6 Å². The maximum absolute atomic E-state index is 12.7. The Morgan fingerprint density at radius 1 is 1.44 bits per heavy atom. The zero-order valence-corrected chi connectivity index (χ0v) is 16.8. The van der Waals surface area contributed by atoms with Crippen molar-refractivity contribution >= 4 is 66.3 Å². The van der Waals surface area contributed by atoms with Crippen molar-refractivity contribution < 1.29 is 4.42 Å². The molecule has 7 nitrogen and oxygen atoms in total. The minimum Gasteiger partial charge on any atom is -0.463 e. The van der Waals surface area contributed by atoms with Crippen molar-refractivity contribution in [2.45, 2.75) is 6.92 Å². The quantitative estimate of drug-likeness (QED) is 0.337. The molecule has 128 valence electrons. The Morgan fingerprint density at radius 2 is 2.24 bits per heavy atom. The third-order valence-electron chi connectivity index (χ3n) is 3.17. The Labute approximate surface area is 164 Å². The average molecular weight is 485 g/mol. The molecule has 10 heteroatoms. The Balaban J connectivity index is 1.86. The van der Waals surface area contributed by atoms with Crippen LogP contribution in [0, 0.1) is 6.92 Å². The Kier molecular flexibility index (Phi) is 5.30. The number of nitrogens with zero attached hydrogens (tertiary/aromatic N) is 3. The summed E-state index contributed by atoms with van der Waals surface area (Å²) in [7, 11) is 0. The van der Waals surface area contributed by atoms with E-state index in [2.05, 4.69) is 52.8 Å². The zero-order chi connectivity index (χ0) is 18.0. The molecule has 1 aromatic carbocycles. The summed E-state index contributed by atoms with van der Waals surface area (Å²) in [5.74, 6) is 1.03. The summed E-state index contributed by atoms with van der Waals surface area (Å²) >= 11 is 11.9. The number of halogens is 2. The summed E-state index contributed by atoms with van der Waals surface area (Å²) < 4.78 is 7.88. The smallest absolute Gasteiger partial charge is 0.280 e. The van der Waals surface area contributed by atoms with Crippen LogP contribution < -0.4 is 16.4 Å². The fraction of sp³-hybridized carbons (Fsp3) is 0.0667. The van der Waals surface area contributed by atoms with Crippen LogP contribution in [-0.4, -0.2) is 21.0 Å². The SMILES string of the molecule is Cc1nc2c(Br)cc(Br)cc2c(=O)n1NC(=S)N/N=C/c1ccco1. The summed E-state index contributed by atoms with van der Waals surface area (Å²) in [4.78, 5) is 17.2. The van der Waals surface area contributed by atoms with Gasteiger partial charge in [0.05, 0.1) is 23.4 Å². The van der Waals surface area contributed by atoms with Gasteiger partial charge in [0, 0.05) is 8.95 Å². The molecule has 0 fully saturated rings. The summed E-state index contributed by atoms with van der Waals surface area (Å²) in [6.07, 6.45) is 3.01. The highest BCUT2D eigenvalue weighted by atomic mass is 79.9. The van der Waals surface area contributed by atoms with Crippen LogP contribution in [-0.2, 0) is 0 Å². The number of hydrazone groups is 1.